The third kappa shape index (κ3) is 3.11. The molecule has 82 valence electrons. The maximum Gasteiger partial charge on any atom is 0.0509 e. The minimum atomic E-state index is 0.942. The topological polar surface area (TPSA) is 12.9 Å². The molecule has 0 spiro atoms. The fraction of sp³-hybridized carbons (Fsp3) is 0.214. The summed E-state index contributed by atoms with van der Waals surface area (Å²) in [6.07, 6.45) is 1.00. The molecule has 0 amide bonds. The van der Waals surface area contributed by atoms with Crippen LogP contribution in [0.4, 0.5) is 0 Å². The number of aryl methyl sites for hydroxylation is 1. The Morgan fingerprint density at radius 2 is 1.69 bits per heavy atom. The van der Waals surface area contributed by atoms with Crippen molar-refractivity contribution in [2.45, 2.75) is 24.0 Å². The van der Waals surface area contributed by atoms with E-state index in [-0.39, 0.29) is 0 Å². The molecule has 0 bridgehead atoms. The molecule has 1 aromatic heterocycles. The average Bonchev–Trinajstić information content (AvgIpc) is 2.38. The van der Waals surface area contributed by atoms with Crippen LogP contribution in [-0.4, -0.2) is 4.98 Å². The fourth-order valence-electron chi connectivity index (χ4n) is 1.48. The van der Waals surface area contributed by atoms with Crippen molar-refractivity contribution in [3.8, 4) is 0 Å². The first-order valence-electron chi connectivity index (χ1n) is 5.51. The van der Waals surface area contributed by atoms with Gasteiger partial charge in [0.1, 0.15) is 0 Å². The van der Waals surface area contributed by atoms with Gasteiger partial charge in [0.25, 0.3) is 0 Å². The van der Waals surface area contributed by atoms with Gasteiger partial charge in [-0.15, -0.1) is 11.8 Å². The molecule has 16 heavy (non-hydrogen) atoms. The number of hydrogen-bond donors (Lipinski definition) is 0. The molecule has 2 rings (SSSR count). The lowest BCUT2D eigenvalue weighted by Gasteiger charge is -2.03. The zero-order chi connectivity index (χ0) is 11.2. The van der Waals surface area contributed by atoms with Gasteiger partial charge in [-0.2, -0.15) is 0 Å². The van der Waals surface area contributed by atoms with Gasteiger partial charge in [0.2, 0.25) is 0 Å². The van der Waals surface area contributed by atoms with Gasteiger partial charge in [-0.3, -0.25) is 4.98 Å². The highest BCUT2D eigenvalue weighted by Gasteiger charge is 1.98. The van der Waals surface area contributed by atoms with Gasteiger partial charge in [-0.05, 0) is 30.7 Å². The van der Waals surface area contributed by atoms with E-state index in [0.29, 0.717) is 0 Å². The zero-order valence-corrected chi connectivity index (χ0v) is 10.2. The van der Waals surface area contributed by atoms with Gasteiger partial charge < -0.3 is 0 Å². The Bertz CT molecular complexity index is 439. The molecule has 0 aliphatic carbocycles. The summed E-state index contributed by atoms with van der Waals surface area (Å²) in [7, 11) is 0. The molecule has 0 aliphatic heterocycles. The fourth-order valence-corrected chi connectivity index (χ4v) is 2.31. The third-order valence-electron chi connectivity index (χ3n) is 2.36. The lowest BCUT2D eigenvalue weighted by molar-refractivity contribution is 1.000. The Morgan fingerprint density at radius 1 is 0.938 bits per heavy atom. The Kier molecular flexibility index (Phi) is 4.00. The molecule has 0 N–H and O–H groups in total. The second-order valence-corrected chi connectivity index (χ2v) is 4.62. The summed E-state index contributed by atoms with van der Waals surface area (Å²) in [5.74, 6) is 0.942. The van der Waals surface area contributed by atoms with Crippen molar-refractivity contribution in [2.75, 3.05) is 0 Å². The number of benzene rings is 1. The molecule has 0 fully saturated rings. The van der Waals surface area contributed by atoms with Crippen LogP contribution < -0.4 is 0 Å². The van der Waals surface area contributed by atoms with E-state index >= 15 is 0 Å². The molecule has 0 aliphatic rings. The highest BCUT2D eigenvalue weighted by molar-refractivity contribution is 7.98. The Balaban J connectivity index is 1.99. The molecular formula is C14H15NS. The molecule has 2 aromatic rings. The normalized spacial score (nSPS) is 10.3. The molecule has 1 nitrogen and oxygen atoms in total. The summed E-state index contributed by atoms with van der Waals surface area (Å²) >= 11 is 1.83. The zero-order valence-electron chi connectivity index (χ0n) is 9.39. The van der Waals surface area contributed by atoms with Crippen molar-refractivity contribution in [3.63, 3.8) is 0 Å². The number of pyridine rings is 1. The third-order valence-corrected chi connectivity index (χ3v) is 3.40. The van der Waals surface area contributed by atoms with Crippen molar-refractivity contribution < 1.29 is 0 Å². The van der Waals surface area contributed by atoms with Gasteiger partial charge in [0.15, 0.2) is 0 Å². The first-order chi connectivity index (χ1) is 7.88. The summed E-state index contributed by atoms with van der Waals surface area (Å²) in [6, 6.07) is 16.7. The molecule has 2 heteroatoms. The summed E-state index contributed by atoms with van der Waals surface area (Å²) in [6.45, 7) is 2.14. The molecule has 0 atom stereocenters. The van der Waals surface area contributed by atoms with Crippen LogP contribution in [0.25, 0.3) is 0 Å². The number of aromatic nitrogens is 1. The largest absolute Gasteiger partial charge is 0.257 e. The van der Waals surface area contributed by atoms with Crippen molar-refractivity contribution in [2.24, 2.45) is 0 Å². The van der Waals surface area contributed by atoms with Crippen molar-refractivity contribution >= 4 is 11.8 Å². The number of rotatable bonds is 4. The van der Waals surface area contributed by atoms with E-state index in [1.54, 1.807) is 0 Å². The monoisotopic (exact) mass is 229 g/mol. The average molecular weight is 229 g/mol. The van der Waals surface area contributed by atoms with E-state index < -0.39 is 0 Å². The second kappa shape index (κ2) is 5.71. The van der Waals surface area contributed by atoms with Crippen molar-refractivity contribution in [3.05, 3.63) is 59.9 Å². The Labute approximate surface area is 101 Å². The summed E-state index contributed by atoms with van der Waals surface area (Å²) < 4.78 is 0. The van der Waals surface area contributed by atoms with E-state index in [1.807, 2.05) is 17.8 Å². The van der Waals surface area contributed by atoms with Crippen LogP contribution >= 0.6 is 11.8 Å². The predicted octanol–water partition coefficient (Wildman–Crippen LogP) is 3.94. The van der Waals surface area contributed by atoms with E-state index in [0.717, 1.165) is 17.9 Å². The van der Waals surface area contributed by atoms with Crippen LogP contribution in [0.2, 0.25) is 0 Å². The highest BCUT2D eigenvalue weighted by atomic mass is 32.2. The summed E-state index contributed by atoms with van der Waals surface area (Å²) in [5, 5.41) is 0. The predicted molar refractivity (Wildman–Crippen MR) is 69.6 cm³/mol. The van der Waals surface area contributed by atoms with Crippen LogP contribution in [0.5, 0.6) is 0 Å². The Hall–Kier alpha value is -1.28. The minimum absolute atomic E-state index is 0.942. The molecule has 0 radical (unpaired) electrons. The number of hydrogen-bond acceptors (Lipinski definition) is 2. The summed E-state index contributed by atoms with van der Waals surface area (Å²) in [4.78, 5) is 5.88. The smallest absolute Gasteiger partial charge is 0.0509 e. The first-order valence-corrected chi connectivity index (χ1v) is 6.49. The standard InChI is InChI=1S/C14H15NS/c1-2-12-7-6-8-13(15-12)11-16-14-9-4-3-5-10-14/h3-10H,2,11H2,1H3. The van der Waals surface area contributed by atoms with Crippen molar-refractivity contribution in [1.29, 1.82) is 0 Å². The van der Waals surface area contributed by atoms with Gasteiger partial charge in [0.05, 0.1) is 5.69 Å². The van der Waals surface area contributed by atoms with Gasteiger partial charge in [0, 0.05) is 16.3 Å². The van der Waals surface area contributed by atoms with E-state index in [2.05, 4.69) is 54.4 Å². The van der Waals surface area contributed by atoms with E-state index in [4.69, 9.17) is 0 Å². The maximum atomic E-state index is 4.59. The molecule has 0 saturated carbocycles. The van der Waals surface area contributed by atoms with Crippen LogP contribution in [0.15, 0.2) is 53.4 Å². The van der Waals surface area contributed by atoms with Crippen LogP contribution in [0.1, 0.15) is 18.3 Å². The Morgan fingerprint density at radius 3 is 2.44 bits per heavy atom. The van der Waals surface area contributed by atoms with E-state index in [1.165, 1.54) is 10.6 Å². The molecule has 1 heterocycles. The minimum Gasteiger partial charge on any atom is -0.257 e. The molecular weight excluding hydrogens is 214 g/mol. The van der Waals surface area contributed by atoms with Gasteiger partial charge in [-0.25, -0.2) is 0 Å². The molecule has 0 unspecified atom stereocenters. The van der Waals surface area contributed by atoms with Gasteiger partial charge >= 0.3 is 0 Å². The molecule has 1 aromatic carbocycles. The lowest BCUT2D eigenvalue weighted by Crippen LogP contribution is -1.91. The van der Waals surface area contributed by atoms with Crippen molar-refractivity contribution in [1.82, 2.24) is 4.98 Å². The second-order valence-electron chi connectivity index (χ2n) is 3.58. The molecule has 0 saturated heterocycles. The van der Waals surface area contributed by atoms with E-state index in [9.17, 15) is 0 Å². The quantitative estimate of drug-likeness (QED) is 0.737. The van der Waals surface area contributed by atoms with Crippen LogP contribution in [-0.2, 0) is 12.2 Å². The highest BCUT2D eigenvalue weighted by Crippen LogP contribution is 2.21. The maximum absolute atomic E-state index is 4.59. The number of nitrogens with zero attached hydrogens (tertiary/aromatic N) is 1. The van der Waals surface area contributed by atoms with Gasteiger partial charge in [-0.1, -0.05) is 31.2 Å². The van der Waals surface area contributed by atoms with Crippen LogP contribution in [0, 0.1) is 0 Å². The summed E-state index contributed by atoms with van der Waals surface area (Å²) in [5.41, 5.74) is 2.33. The lowest BCUT2D eigenvalue weighted by atomic mass is 10.3. The number of thioether (sulfide) groups is 1. The SMILES string of the molecule is CCc1cccc(CSc2ccccc2)n1. The first kappa shape index (κ1) is 11.2. The van der Waals surface area contributed by atoms with Crippen LogP contribution in [0.3, 0.4) is 0 Å².